The summed E-state index contributed by atoms with van der Waals surface area (Å²) in [5.74, 6) is 1.75. The van der Waals surface area contributed by atoms with Crippen LogP contribution in [0.1, 0.15) is 57.4 Å². The monoisotopic (exact) mass is 394 g/mol. The Bertz CT molecular complexity index is 852. The first-order valence-electron chi connectivity index (χ1n) is 10.6. The molecule has 2 atom stereocenters. The van der Waals surface area contributed by atoms with Crippen LogP contribution in [0.15, 0.2) is 54.6 Å². The summed E-state index contributed by atoms with van der Waals surface area (Å²) in [6.45, 7) is 2.30. The Balaban J connectivity index is 1.38. The van der Waals surface area contributed by atoms with Crippen molar-refractivity contribution in [3.05, 3.63) is 60.2 Å². The minimum atomic E-state index is -0.820. The lowest BCUT2D eigenvalue weighted by Gasteiger charge is -2.43. The standard InChI is InChI=1S/C25H30O4/c1-24(17-19-14-18(19)15-23(26)27)10-12-25(28,13-11-24)20-6-5-9-22(16-20)29-21-7-3-2-4-8-21/h2-9,16,18-19,28H,10-15,17H2,1H3,(H,26,27)/t18-,19-,24?,25?/m1/s1. The molecule has 29 heavy (non-hydrogen) atoms. The van der Waals surface area contributed by atoms with Gasteiger partial charge in [0.15, 0.2) is 0 Å². The number of aliphatic carboxylic acids is 1. The van der Waals surface area contributed by atoms with Crippen LogP contribution in [0.5, 0.6) is 11.5 Å². The summed E-state index contributed by atoms with van der Waals surface area (Å²) in [6.07, 6.45) is 5.82. The van der Waals surface area contributed by atoms with E-state index < -0.39 is 11.6 Å². The maximum absolute atomic E-state index is 11.4. The number of carbonyl (C=O) groups is 1. The van der Waals surface area contributed by atoms with E-state index in [1.807, 2.05) is 54.6 Å². The summed E-state index contributed by atoms with van der Waals surface area (Å²) in [7, 11) is 0. The van der Waals surface area contributed by atoms with E-state index in [4.69, 9.17) is 9.84 Å². The van der Waals surface area contributed by atoms with Crippen molar-refractivity contribution in [1.29, 1.82) is 0 Å². The highest BCUT2D eigenvalue weighted by atomic mass is 16.5. The molecule has 0 radical (unpaired) electrons. The van der Waals surface area contributed by atoms with Crippen molar-refractivity contribution in [1.82, 2.24) is 0 Å². The third kappa shape index (κ3) is 4.81. The molecule has 2 aromatic rings. The Labute approximate surface area is 172 Å². The fourth-order valence-electron chi connectivity index (χ4n) is 4.90. The van der Waals surface area contributed by atoms with Gasteiger partial charge in [0.1, 0.15) is 11.5 Å². The van der Waals surface area contributed by atoms with Crippen LogP contribution in [-0.4, -0.2) is 16.2 Å². The molecule has 0 aliphatic heterocycles. The molecule has 2 N–H and O–H groups in total. The van der Waals surface area contributed by atoms with Gasteiger partial charge in [-0.05, 0) is 85.6 Å². The highest BCUT2D eigenvalue weighted by molar-refractivity contribution is 5.67. The number of carboxylic acid groups (broad SMARTS) is 1. The van der Waals surface area contributed by atoms with Crippen molar-refractivity contribution in [2.45, 2.75) is 57.5 Å². The molecule has 0 amide bonds. The molecule has 2 fully saturated rings. The van der Waals surface area contributed by atoms with E-state index in [0.29, 0.717) is 18.3 Å². The summed E-state index contributed by atoms with van der Waals surface area (Å²) in [5.41, 5.74) is 0.296. The molecular formula is C25H30O4. The Kier molecular flexibility index (Phi) is 5.39. The van der Waals surface area contributed by atoms with Crippen LogP contribution >= 0.6 is 0 Å². The zero-order chi connectivity index (χ0) is 20.5. The van der Waals surface area contributed by atoms with Gasteiger partial charge in [-0.3, -0.25) is 4.79 Å². The minimum Gasteiger partial charge on any atom is -0.481 e. The number of ether oxygens (including phenoxy) is 1. The SMILES string of the molecule is CC1(C[C@H]2C[C@@H]2CC(=O)O)CCC(O)(c2cccc(Oc3ccccc3)c2)CC1. The second-order valence-corrected chi connectivity index (χ2v) is 9.34. The fraction of sp³-hybridized carbons (Fsp3) is 0.480. The molecule has 2 saturated carbocycles. The van der Waals surface area contributed by atoms with Crippen molar-refractivity contribution in [3.63, 3.8) is 0 Å². The van der Waals surface area contributed by atoms with Gasteiger partial charge >= 0.3 is 5.97 Å². The number of rotatable bonds is 7. The number of hydrogen-bond donors (Lipinski definition) is 2. The third-order valence-corrected chi connectivity index (χ3v) is 6.90. The summed E-state index contributed by atoms with van der Waals surface area (Å²) in [4.78, 5) is 10.9. The molecule has 2 aromatic carbocycles. The number of aliphatic hydroxyl groups is 1. The normalized spacial score (nSPS) is 31.2. The van der Waals surface area contributed by atoms with Crippen molar-refractivity contribution in [3.8, 4) is 11.5 Å². The molecule has 0 bridgehead atoms. The quantitative estimate of drug-likeness (QED) is 0.628. The van der Waals surface area contributed by atoms with Gasteiger partial charge in [0.25, 0.3) is 0 Å². The molecule has 0 spiro atoms. The summed E-state index contributed by atoms with van der Waals surface area (Å²) in [5, 5.41) is 20.3. The predicted octanol–water partition coefficient (Wildman–Crippen LogP) is 5.75. The number of carboxylic acids is 1. The molecule has 0 saturated heterocycles. The lowest BCUT2D eigenvalue weighted by atomic mass is 9.65. The van der Waals surface area contributed by atoms with Gasteiger partial charge in [-0.1, -0.05) is 37.3 Å². The second-order valence-electron chi connectivity index (χ2n) is 9.34. The predicted molar refractivity (Wildman–Crippen MR) is 112 cm³/mol. The largest absolute Gasteiger partial charge is 0.481 e. The molecule has 0 heterocycles. The van der Waals surface area contributed by atoms with Crippen LogP contribution in [0.3, 0.4) is 0 Å². The van der Waals surface area contributed by atoms with Crippen molar-refractivity contribution >= 4 is 5.97 Å². The van der Waals surface area contributed by atoms with Crippen LogP contribution in [0.25, 0.3) is 0 Å². The van der Waals surface area contributed by atoms with Gasteiger partial charge in [-0.25, -0.2) is 0 Å². The molecule has 2 aliphatic rings. The molecule has 2 aliphatic carbocycles. The first-order chi connectivity index (χ1) is 13.9. The van der Waals surface area contributed by atoms with Crippen LogP contribution in [0.2, 0.25) is 0 Å². The van der Waals surface area contributed by atoms with Crippen LogP contribution in [0, 0.1) is 17.3 Å². The first-order valence-corrected chi connectivity index (χ1v) is 10.6. The Morgan fingerprint density at radius 2 is 1.69 bits per heavy atom. The van der Waals surface area contributed by atoms with Crippen LogP contribution in [0.4, 0.5) is 0 Å². The topological polar surface area (TPSA) is 66.8 Å². The van der Waals surface area contributed by atoms with Crippen molar-refractivity contribution in [2.24, 2.45) is 17.3 Å². The van der Waals surface area contributed by atoms with E-state index in [-0.39, 0.29) is 5.41 Å². The van der Waals surface area contributed by atoms with E-state index in [9.17, 15) is 9.90 Å². The average molecular weight is 395 g/mol. The van der Waals surface area contributed by atoms with Gasteiger partial charge in [0, 0.05) is 6.42 Å². The number of hydrogen-bond acceptors (Lipinski definition) is 3. The van der Waals surface area contributed by atoms with Crippen LogP contribution in [-0.2, 0) is 10.4 Å². The van der Waals surface area contributed by atoms with Gasteiger partial charge in [-0.2, -0.15) is 0 Å². The Hall–Kier alpha value is -2.33. The van der Waals surface area contributed by atoms with Crippen molar-refractivity contribution in [2.75, 3.05) is 0 Å². The molecule has 4 heteroatoms. The van der Waals surface area contributed by atoms with Crippen molar-refractivity contribution < 1.29 is 19.7 Å². The van der Waals surface area contributed by atoms with E-state index in [1.54, 1.807) is 0 Å². The lowest BCUT2D eigenvalue weighted by Crippen LogP contribution is -2.36. The zero-order valence-corrected chi connectivity index (χ0v) is 17.0. The Morgan fingerprint density at radius 3 is 2.38 bits per heavy atom. The molecule has 0 unspecified atom stereocenters. The van der Waals surface area contributed by atoms with Gasteiger partial charge < -0.3 is 14.9 Å². The summed E-state index contributed by atoms with van der Waals surface area (Å²) < 4.78 is 5.94. The molecule has 4 rings (SSSR count). The highest BCUT2D eigenvalue weighted by Gasteiger charge is 2.46. The van der Waals surface area contributed by atoms with Gasteiger partial charge in [-0.15, -0.1) is 0 Å². The first kappa shape index (κ1) is 20.0. The van der Waals surface area contributed by atoms with E-state index in [0.717, 1.165) is 55.6 Å². The number of para-hydroxylation sites is 1. The summed E-state index contributed by atoms with van der Waals surface area (Å²) in [6, 6.07) is 17.5. The van der Waals surface area contributed by atoms with Gasteiger partial charge in [0.05, 0.1) is 5.60 Å². The maximum atomic E-state index is 11.4. The van der Waals surface area contributed by atoms with E-state index in [1.165, 1.54) is 0 Å². The second kappa shape index (κ2) is 7.83. The molecular weight excluding hydrogens is 364 g/mol. The minimum absolute atomic E-state index is 0.197. The van der Waals surface area contributed by atoms with Crippen LogP contribution < -0.4 is 4.74 Å². The molecule has 154 valence electrons. The van der Waals surface area contributed by atoms with E-state index >= 15 is 0 Å². The number of benzene rings is 2. The fourth-order valence-corrected chi connectivity index (χ4v) is 4.90. The highest BCUT2D eigenvalue weighted by Crippen LogP contribution is 2.54. The Morgan fingerprint density at radius 1 is 1.00 bits per heavy atom. The molecule has 4 nitrogen and oxygen atoms in total. The lowest BCUT2D eigenvalue weighted by molar-refractivity contribution is -0.137. The zero-order valence-electron chi connectivity index (χ0n) is 17.0. The maximum Gasteiger partial charge on any atom is 0.303 e. The summed E-state index contributed by atoms with van der Waals surface area (Å²) >= 11 is 0. The van der Waals surface area contributed by atoms with E-state index in [2.05, 4.69) is 6.92 Å². The smallest absolute Gasteiger partial charge is 0.303 e. The van der Waals surface area contributed by atoms with Gasteiger partial charge in [0.2, 0.25) is 0 Å². The molecule has 0 aromatic heterocycles. The third-order valence-electron chi connectivity index (χ3n) is 6.90. The average Bonchev–Trinajstić information content (AvgIpc) is 3.41.